The lowest BCUT2D eigenvalue weighted by Crippen LogP contribution is -2.02. The van der Waals surface area contributed by atoms with E-state index in [-0.39, 0.29) is 0 Å². The Hall–Kier alpha value is -1.87. The maximum absolute atomic E-state index is 4.52. The number of nitrogens with zero attached hydrogens (tertiary/aromatic N) is 1. The van der Waals surface area contributed by atoms with Crippen LogP contribution in [0.3, 0.4) is 0 Å². The van der Waals surface area contributed by atoms with Crippen molar-refractivity contribution in [1.82, 2.24) is 10.3 Å². The molecule has 3 heteroatoms. The van der Waals surface area contributed by atoms with Gasteiger partial charge in [-0.25, -0.2) is 4.98 Å². The second kappa shape index (κ2) is 4.18. The van der Waals surface area contributed by atoms with Gasteiger partial charge in [-0.3, -0.25) is 0 Å². The van der Waals surface area contributed by atoms with Crippen molar-refractivity contribution >= 4 is 27.3 Å². The van der Waals surface area contributed by atoms with E-state index in [1.807, 2.05) is 31.4 Å². The number of hydrogen-bond donors (Lipinski definition) is 1. The Kier molecular flexibility index (Phi) is 2.53. The number of allylic oxidation sites excluding steroid dienone is 4. The van der Waals surface area contributed by atoms with Crippen LogP contribution in [0.25, 0.3) is 15.9 Å². The van der Waals surface area contributed by atoms with E-state index in [0.29, 0.717) is 0 Å². The van der Waals surface area contributed by atoms with Crippen LogP contribution < -0.4 is 5.32 Å². The van der Waals surface area contributed by atoms with Gasteiger partial charge in [0, 0.05) is 17.5 Å². The third-order valence-electron chi connectivity index (χ3n) is 2.63. The number of nitrogens with one attached hydrogen (secondary N) is 1. The zero-order chi connectivity index (χ0) is 11.7. The topological polar surface area (TPSA) is 24.9 Å². The van der Waals surface area contributed by atoms with Gasteiger partial charge in [0.1, 0.15) is 0 Å². The lowest BCUT2D eigenvalue weighted by atomic mass is 10.1. The van der Waals surface area contributed by atoms with Crippen molar-refractivity contribution in [3.8, 4) is 0 Å². The van der Waals surface area contributed by atoms with Crippen LogP contribution in [0, 0.1) is 6.92 Å². The SMILES string of the molecule is Cc1nc2cc(C3=CC=CC=CN3)ccc2s1. The highest BCUT2D eigenvalue weighted by Crippen LogP contribution is 2.25. The summed E-state index contributed by atoms with van der Waals surface area (Å²) in [6, 6.07) is 6.40. The maximum Gasteiger partial charge on any atom is 0.0907 e. The first-order valence-electron chi connectivity index (χ1n) is 5.50. The molecule has 1 aromatic heterocycles. The van der Waals surface area contributed by atoms with Crippen molar-refractivity contribution in [3.63, 3.8) is 0 Å². The molecule has 2 nitrogen and oxygen atoms in total. The van der Waals surface area contributed by atoms with Gasteiger partial charge in [-0.1, -0.05) is 18.2 Å². The third kappa shape index (κ3) is 2.01. The summed E-state index contributed by atoms with van der Waals surface area (Å²) in [5.74, 6) is 0. The fourth-order valence-electron chi connectivity index (χ4n) is 1.85. The minimum Gasteiger partial charge on any atom is -0.361 e. The monoisotopic (exact) mass is 240 g/mol. The zero-order valence-electron chi connectivity index (χ0n) is 9.47. The van der Waals surface area contributed by atoms with Gasteiger partial charge in [-0.15, -0.1) is 11.3 Å². The van der Waals surface area contributed by atoms with Gasteiger partial charge >= 0.3 is 0 Å². The molecule has 0 amide bonds. The summed E-state index contributed by atoms with van der Waals surface area (Å²) in [5.41, 5.74) is 3.34. The van der Waals surface area contributed by atoms with Crippen LogP contribution in [0.5, 0.6) is 0 Å². The average Bonchev–Trinajstić information content (AvgIpc) is 2.53. The van der Waals surface area contributed by atoms with E-state index in [9.17, 15) is 0 Å². The third-order valence-corrected chi connectivity index (χ3v) is 3.58. The highest BCUT2D eigenvalue weighted by atomic mass is 32.1. The molecule has 1 aromatic carbocycles. The van der Waals surface area contributed by atoms with Crippen LogP contribution in [0.15, 0.2) is 48.7 Å². The van der Waals surface area contributed by atoms with E-state index < -0.39 is 0 Å². The summed E-state index contributed by atoms with van der Waals surface area (Å²) in [7, 11) is 0. The first-order valence-corrected chi connectivity index (χ1v) is 6.32. The Balaban J connectivity index is 2.08. The quantitative estimate of drug-likeness (QED) is 0.823. The minimum absolute atomic E-state index is 1.07. The number of aromatic nitrogens is 1. The van der Waals surface area contributed by atoms with Gasteiger partial charge in [-0.05, 0) is 31.2 Å². The van der Waals surface area contributed by atoms with Crippen LogP contribution >= 0.6 is 11.3 Å². The van der Waals surface area contributed by atoms with Crippen molar-refractivity contribution < 1.29 is 0 Å². The second-order valence-electron chi connectivity index (χ2n) is 3.88. The molecule has 3 rings (SSSR count). The Morgan fingerprint density at radius 1 is 1.18 bits per heavy atom. The van der Waals surface area contributed by atoms with Gasteiger partial charge in [0.2, 0.25) is 0 Å². The van der Waals surface area contributed by atoms with Crippen molar-refractivity contribution in [3.05, 3.63) is 59.3 Å². The second-order valence-corrected chi connectivity index (χ2v) is 5.12. The maximum atomic E-state index is 4.52. The molecule has 0 fully saturated rings. The lowest BCUT2D eigenvalue weighted by Gasteiger charge is -2.05. The molecule has 1 aliphatic rings. The standard InChI is InChI=1S/C14H12N2S/c1-10-16-13-9-11(6-7-14(13)17-10)12-5-3-2-4-8-15-12/h2-9,15H,1H3. The number of benzene rings is 1. The molecule has 0 unspecified atom stereocenters. The van der Waals surface area contributed by atoms with E-state index in [4.69, 9.17) is 0 Å². The minimum atomic E-state index is 1.07. The van der Waals surface area contributed by atoms with Gasteiger partial charge in [0.15, 0.2) is 0 Å². The van der Waals surface area contributed by atoms with E-state index in [2.05, 4.69) is 34.6 Å². The van der Waals surface area contributed by atoms with Crippen LogP contribution in [-0.2, 0) is 0 Å². The van der Waals surface area contributed by atoms with Gasteiger partial charge < -0.3 is 5.32 Å². The normalized spacial score (nSPS) is 14.5. The fraction of sp³-hybridized carbons (Fsp3) is 0.0714. The summed E-state index contributed by atoms with van der Waals surface area (Å²) in [5, 5.41) is 4.37. The molecule has 1 N–H and O–H groups in total. The Morgan fingerprint density at radius 3 is 3.06 bits per heavy atom. The van der Waals surface area contributed by atoms with E-state index in [1.165, 1.54) is 10.3 Å². The Morgan fingerprint density at radius 2 is 2.12 bits per heavy atom. The highest BCUT2D eigenvalue weighted by molar-refractivity contribution is 7.18. The molecular weight excluding hydrogens is 228 g/mol. The molecule has 0 aliphatic carbocycles. The smallest absolute Gasteiger partial charge is 0.0907 e. The van der Waals surface area contributed by atoms with Gasteiger partial charge in [-0.2, -0.15) is 0 Å². The molecule has 17 heavy (non-hydrogen) atoms. The molecule has 2 aromatic rings. The van der Waals surface area contributed by atoms with E-state index in [0.717, 1.165) is 16.2 Å². The van der Waals surface area contributed by atoms with Crippen LogP contribution in [-0.4, -0.2) is 4.98 Å². The molecule has 0 radical (unpaired) electrons. The lowest BCUT2D eigenvalue weighted by molar-refractivity contribution is 1.22. The molecule has 0 saturated carbocycles. The van der Waals surface area contributed by atoms with Crippen molar-refractivity contribution in [2.24, 2.45) is 0 Å². The highest BCUT2D eigenvalue weighted by Gasteiger charge is 2.04. The van der Waals surface area contributed by atoms with E-state index >= 15 is 0 Å². The first kappa shape index (κ1) is 10.3. The number of fused-ring (bicyclic) bond motifs is 1. The van der Waals surface area contributed by atoms with Gasteiger partial charge in [0.05, 0.1) is 15.2 Å². The first-order chi connectivity index (χ1) is 8.33. The molecule has 0 saturated heterocycles. The molecule has 0 spiro atoms. The average molecular weight is 240 g/mol. The summed E-state index contributed by atoms with van der Waals surface area (Å²) in [6.07, 6.45) is 10.0. The fourth-order valence-corrected chi connectivity index (χ4v) is 2.65. The Bertz CT molecular complexity index is 647. The van der Waals surface area contributed by atoms with Crippen molar-refractivity contribution in [2.75, 3.05) is 0 Å². The molecule has 84 valence electrons. The number of aryl methyl sites for hydroxylation is 1. The van der Waals surface area contributed by atoms with Crippen molar-refractivity contribution in [1.29, 1.82) is 0 Å². The summed E-state index contributed by atoms with van der Waals surface area (Å²) < 4.78 is 1.24. The van der Waals surface area contributed by atoms with Crippen LogP contribution in [0.4, 0.5) is 0 Å². The summed E-state index contributed by atoms with van der Waals surface area (Å²) in [4.78, 5) is 4.52. The predicted octanol–water partition coefficient (Wildman–Crippen LogP) is 3.62. The van der Waals surface area contributed by atoms with Crippen LogP contribution in [0.2, 0.25) is 0 Å². The molecular formula is C14H12N2S. The zero-order valence-corrected chi connectivity index (χ0v) is 10.3. The van der Waals surface area contributed by atoms with Crippen LogP contribution in [0.1, 0.15) is 10.6 Å². The Labute approximate surface area is 104 Å². The molecule has 2 heterocycles. The molecule has 0 atom stereocenters. The number of rotatable bonds is 1. The summed E-state index contributed by atoms with van der Waals surface area (Å²) >= 11 is 1.73. The summed E-state index contributed by atoms with van der Waals surface area (Å²) in [6.45, 7) is 2.04. The predicted molar refractivity (Wildman–Crippen MR) is 73.7 cm³/mol. The van der Waals surface area contributed by atoms with E-state index in [1.54, 1.807) is 11.3 Å². The number of hydrogen-bond acceptors (Lipinski definition) is 3. The molecule has 1 aliphatic heterocycles. The number of thiazole rings is 1. The van der Waals surface area contributed by atoms with Gasteiger partial charge in [0.25, 0.3) is 0 Å². The van der Waals surface area contributed by atoms with Crippen molar-refractivity contribution in [2.45, 2.75) is 6.92 Å². The largest absolute Gasteiger partial charge is 0.361 e. The molecule has 0 bridgehead atoms.